The van der Waals surface area contributed by atoms with Crippen LogP contribution in [0.15, 0.2) is 164 Å². The first-order valence-corrected chi connectivity index (χ1v) is 24.4. The van der Waals surface area contributed by atoms with Crippen LogP contribution >= 0.6 is 0 Å². The average Bonchev–Trinajstić information content (AvgIpc) is 3.99. The molecule has 0 bridgehead atoms. The van der Waals surface area contributed by atoms with Gasteiger partial charge in [-0.3, -0.25) is 0 Å². The van der Waals surface area contributed by atoms with Gasteiger partial charge in [-0.1, -0.05) is 189 Å². The minimum absolute atomic E-state index is 0.401. The highest BCUT2D eigenvalue weighted by molar-refractivity contribution is 6.89. The lowest BCUT2D eigenvalue weighted by Crippen LogP contribution is -2.40. The normalized spacial score (nSPS) is 14.9. The molecule has 1 aromatic heterocycles. The molecule has 3 aliphatic carbocycles. The van der Waals surface area contributed by atoms with Crippen molar-refractivity contribution >= 4 is 13.3 Å². The van der Waals surface area contributed by atoms with Gasteiger partial charge in [-0.15, -0.1) is 0 Å². The van der Waals surface area contributed by atoms with Gasteiger partial charge in [-0.25, -0.2) is 15.0 Å². The van der Waals surface area contributed by atoms with Crippen LogP contribution in [0.4, 0.5) is 0 Å². The van der Waals surface area contributed by atoms with Crippen LogP contribution < -0.4 is 5.19 Å². The highest BCUT2D eigenvalue weighted by Crippen LogP contribution is 2.63. The fourth-order valence-electron chi connectivity index (χ4n) is 10.3. The van der Waals surface area contributed by atoms with Gasteiger partial charge in [-0.2, -0.15) is 0 Å². The maximum Gasteiger partial charge on any atom is 0.164 e. The zero-order valence-corrected chi connectivity index (χ0v) is 34.3. The second kappa shape index (κ2) is 13.4. The van der Waals surface area contributed by atoms with Crippen molar-refractivity contribution in [1.82, 2.24) is 15.0 Å². The second-order valence-corrected chi connectivity index (χ2v) is 22.5. The summed E-state index contributed by atoms with van der Waals surface area (Å²) in [5.41, 5.74) is 17.4. The first kappa shape index (κ1) is 35.0. The predicted molar refractivity (Wildman–Crippen MR) is 242 cm³/mol. The predicted octanol–water partition coefficient (Wildman–Crippen LogP) is 13.1. The van der Waals surface area contributed by atoms with E-state index in [2.05, 4.69) is 165 Å². The topological polar surface area (TPSA) is 38.7 Å². The second-order valence-electron chi connectivity index (χ2n) is 17.4. The summed E-state index contributed by atoms with van der Waals surface area (Å²) in [4.78, 5) is 15.4. The minimum atomic E-state index is -1.89. The molecule has 8 aromatic rings. The first-order valence-electron chi connectivity index (χ1n) is 20.9. The minimum Gasteiger partial charge on any atom is -0.208 e. The Labute approximate surface area is 342 Å². The van der Waals surface area contributed by atoms with Crippen LogP contribution in [0.3, 0.4) is 0 Å². The summed E-state index contributed by atoms with van der Waals surface area (Å²) in [5, 5.41) is 1.49. The molecule has 3 nitrogen and oxygen atoms in total. The van der Waals surface area contributed by atoms with Crippen LogP contribution in [-0.2, 0) is 5.41 Å². The summed E-state index contributed by atoms with van der Waals surface area (Å²) in [6, 6.07) is 60.5. The molecule has 0 amide bonds. The van der Waals surface area contributed by atoms with Gasteiger partial charge in [0.2, 0.25) is 0 Å². The summed E-state index contributed by atoms with van der Waals surface area (Å²) < 4.78 is 0. The molecule has 1 saturated carbocycles. The van der Waals surface area contributed by atoms with Crippen molar-refractivity contribution < 1.29 is 0 Å². The molecule has 7 aromatic carbocycles. The van der Waals surface area contributed by atoms with Crippen molar-refractivity contribution in [3.8, 4) is 67.5 Å². The van der Waals surface area contributed by atoms with E-state index >= 15 is 0 Å². The van der Waals surface area contributed by atoms with Gasteiger partial charge in [0.1, 0.15) is 0 Å². The van der Waals surface area contributed by atoms with E-state index in [1.54, 1.807) is 0 Å². The standard InChI is InChI=1S/C54H45N3Si/c1-58(2,3)49-34-41(33-48-50(49)44-24-11-14-27-47(44)54(48)45-25-12-9-22-42(45)43-23-10-13-26-46(43)54)39-20-15-21-40(32-39)53-56-51(37-18-5-4-6-19-37)55-52(57-53)38-30-28-36(29-31-38)35-16-7-8-17-35/h4-6,9-15,18-35H,7-8,16-17H2,1-3H3. The van der Waals surface area contributed by atoms with Gasteiger partial charge < -0.3 is 0 Å². The van der Waals surface area contributed by atoms with E-state index in [1.165, 1.54) is 86.5 Å². The van der Waals surface area contributed by atoms with Crippen molar-refractivity contribution in [3.05, 3.63) is 192 Å². The fraction of sp³-hybridized carbons (Fsp3) is 0.167. The molecule has 280 valence electrons. The molecule has 58 heavy (non-hydrogen) atoms. The quantitative estimate of drug-likeness (QED) is 0.158. The van der Waals surface area contributed by atoms with Crippen LogP contribution in [0.2, 0.25) is 19.6 Å². The summed E-state index contributed by atoms with van der Waals surface area (Å²) in [6.07, 6.45) is 5.21. The van der Waals surface area contributed by atoms with E-state index in [9.17, 15) is 0 Å². The highest BCUT2D eigenvalue weighted by Gasteiger charge is 2.52. The molecule has 0 unspecified atom stereocenters. The average molecular weight is 764 g/mol. The third kappa shape index (κ3) is 5.42. The number of nitrogens with zero attached hydrogens (tertiary/aromatic N) is 3. The van der Waals surface area contributed by atoms with Crippen molar-refractivity contribution in [2.45, 2.75) is 56.7 Å². The maximum absolute atomic E-state index is 5.20. The van der Waals surface area contributed by atoms with Crippen molar-refractivity contribution in [2.24, 2.45) is 0 Å². The number of fused-ring (bicyclic) bond motifs is 10. The Balaban J connectivity index is 1.10. The molecule has 0 radical (unpaired) electrons. The molecular weight excluding hydrogens is 719 g/mol. The number of benzene rings is 7. The Bertz CT molecular complexity index is 2840. The molecular formula is C54H45N3Si. The van der Waals surface area contributed by atoms with Gasteiger partial charge >= 0.3 is 0 Å². The van der Waals surface area contributed by atoms with Gasteiger partial charge in [0, 0.05) is 16.7 Å². The molecule has 3 aliphatic rings. The summed E-state index contributed by atoms with van der Waals surface area (Å²) in [7, 11) is -1.89. The monoisotopic (exact) mass is 763 g/mol. The Morgan fingerprint density at radius 3 is 1.55 bits per heavy atom. The molecule has 1 heterocycles. The van der Waals surface area contributed by atoms with Crippen LogP contribution in [-0.4, -0.2) is 23.0 Å². The van der Waals surface area contributed by atoms with Crippen LogP contribution in [0.1, 0.15) is 59.4 Å². The van der Waals surface area contributed by atoms with Gasteiger partial charge in [0.15, 0.2) is 17.5 Å². The molecule has 4 heteroatoms. The number of aromatic nitrogens is 3. The number of hydrogen-bond donors (Lipinski definition) is 0. The third-order valence-electron chi connectivity index (χ3n) is 13.0. The van der Waals surface area contributed by atoms with Gasteiger partial charge in [0.05, 0.1) is 13.5 Å². The van der Waals surface area contributed by atoms with Crippen LogP contribution in [0.5, 0.6) is 0 Å². The molecule has 0 aliphatic heterocycles. The third-order valence-corrected chi connectivity index (χ3v) is 15.0. The van der Waals surface area contributed by atoms with Crippen LogP contribution in [0, 0.1) is 0 Å². The Morgan fingerprint density at radius 2 is 0.931 bits per heavy atom. The maximum atomic E-state index is 5.20. The molecule has 0 atom stereocenters. The van der Waals surface area contributed by atoms with Crippen LogP contribution in [0.25, 0.3) is 67.5 Å². The molecule has 1 spiro atoms. The van der Waals surface area contributed by atoms with Crippen molar-refractivity contribution in [3.63, 3.8) is 0 Å². The summed E-state index contributed by atoms with van der Waals surface area (Å²) in [6.45, 7) is 7.47. The number of rotatable bonds is 6. The van der Waals surface area contributed by atoms with E-state index in [0.717, 1.165) is 22.3 Å². The molecule has 11 rings (SSSR count). The Hall–Kier alpha value is -6.23. The molecule has 1 fully saturated rings. The smallest absolute Gasteiger partial charge is 0.164 e. The summed E-state index contributed by atoms with van der Waals surface area (Å²) in [5.74, 6) is 2.72. The zero-order valence-electron chi connectivity index (χ0n) is 33.3. The first-order chi connectivity index (χ1) is 28.4. The fourth-order valence-corrected chi connectivity index (χ4v) is 11.9. The zero-order chi connectivity index (χ0) is 39.0. The lowest BCUT2D eigenvalue weighted by Gasteiger charge is -2.32. The van der Waals surface area contributed by atoms with E-state index in [-0.39, 0.29) is 0 Å². The van der Waals surface area contributed by atoms with Crippen molar-refractivity contribution in [2.75, 3.05) is 0 Å². The Morgan fingerprint density at radius 1 is 0.431 bits per heavy atom. The molecule has 0 N–H and O–H groups in total. The van der Waals surface area contributed by atoms with E-state index < -0.39 is 13.5 Å². The largest absolute Gasteiger partial charge is 0.208 e. The van der Waals surface area contributed by atoms with E-state index in [4.69, 9.17) is 15.0 Å². The number of hydrogen-bond acceptors (Lipinski definition) is 3. The van der Waals surface area contributed by atoms with Gasteiger partial charge in [-0.05, 0) is 92.1 Å². The van der Waals surface area contributed by atoms with Gasteiger partial charge in [0.25, 0.3) is 0 Å². The SMILES string of the molecule is C[Si](C)(C)c1cc(-c2cccc(-c3nc(-c4ccccc4)nc(-c4ccc(C5CCCC5)cc4)n3)c2)cc2c1-c1ccccc1C21c2ccccc2-c2ccccc21. The van der Waals surface area contributed by atoms with Crippen molar-refractivity contribution in [1.29, 1.82) is 0 Å². The van der Waals surface area contributed by atoms with E-state index in [1.807, 2.05) is 18.2 Å². The lowest BCUT2D eigenvalue weighted by atomic mass is 9.70. The van der Waals surface area contributed by atoms with E-state index in [0.29, 0.717) is 23.4 Å². The molecule has 0 saturated heterocycles. The lowest BCUT2D eigenvalue weighted by molar-refractivity contribution is 0.723. The highest BCUT2D eigenvalue weighted by atomic mass is 28.3. The summed E-state index contributed by atoms with van der Waals surface area (Å²) >= 11 is 0. The Kier molecular flexibility index (Phi) is 8.10.